The van der Waals surface area contributed by atoms with Crippen molar-refractivity contribution in [1.82, 2.24) is 0 Å². The van der Waals surface area contributed by atoms with E-state index in [1.54, 1.807) is 0 Å². The third kappa shape index (κ3) is 10.4. The van der Waals surface area contributed by atoms with Gasteiger partial charge in [-0.25, -0.2) is 4.57 Å². The van der Waals surface area contributed by atoms with E-state index < -0.39 is 7.91 Å². The first-order valence-corrected chi connectivity index (χ1v) is 7.05. The van der Waals surface area contributed by atoms with Crippen molar-refractivity contribution < 1.29 is 17.8 Å². The number of hydrogen-bond donors (Lipinski definition) is 0. The summed E-state index contributed by atoms with van der Waals surface area (Å²) >= 11 is 0. The first-order chi connectivity index (χ1) is 7.12. The van der Waals surface area contributed by atoms with Gasteiger partial charge in [-0.2, -0.15) is 0 Å². The summed E-state index contributed by atoms with van der Waals surface area (Å²) in [5.74, 6) is 0. The average molecular weight is 240 g/mol. The van der Waals surface area contributed by atoms with Gasteiger partial charge < -0.3 is 0 Å². The van der Waals surface area contributed by atoms with Crippen LogP contribution in [0.1, 0.15) is 51.9 Å². The largest absolute Gasteiger partial charge is 0.512 e. The van der Waals surface area contributed by atoms with Crippen LogP contribution in [0.15, 0.2) is 0 Å². The summed E-state index contributed by atoms with van der Waals surface area (Å²) in [6, 6.07) is 0. The second-order valence-corrected chi connectivity index (χ2v) is 5.05. The molecule has 0 saturated carbocycles. The Morgan fingerprint density at radius 2 is 1.60 bits per heavy atom. The number of unbranched alkanes of at least 4 members (excludes halogenated alkanes) is 6. The van der Waals surface area contributed by atoms with E-state index in [9.17, 15) is 8.76 Å². The van der Waals surface area contributed by atoms with Crippen molar-refractivity contribution in [2.24, 2.45) is 0 Å². The van der Waals surface area contributed by atoms with Crippen molar-refractivity contribution in [2.75, 3.05) is 13.7 Å². The normalized spacial score (nSPS) is 15.1. The number of rotatable bonds is 10. The van der Waals surface area contributed by atoms with Crippen LogP contribution in [0.5, 0.6) is 0 Å². The maximum atomic E-state index is 12.6. The summed E-state index contributed by atoms with van der Waals surface area (Å²) in [5.41, 5.74) is 0. The number of halogens is 1. The zero-order chi connectivity index (χ0) is 11.6. The SMILES string of the molecule is CCCCCCCCCOP(=O)(F)OC. The smallest absolute Gasteiger partial charge is 0.287 e. The lowest BCUT2D eigenvalue weighted by atomic mass is 10.1. The molecule has 5 heteroatoms. The predicted octanol–water partition coefficient (Wildman–Crippen LogP) is 4.48. The van der Waals surface area contributed by atoms with E-state index in [-0.39, 0.29) is 6.61 Å². The molecule has 0 radical (unpaired) electrons. The van der Waals surface area contributed by atoms with Crippen LogP contribution >= 0.6 is 7.91 Å². The van der Waals surface area contributed by atoms with Gasteiger partial charge in [0.1, 0.15) is 0 Å². The second-order valence-electron chi connectivity index (χ2n) is 3.57. The molecule has 0 aromatic rings. The molecule has 0 aliphatic carbocycles. The third-order valence-corrected chi connectivity index (χ3v) is 3.14. The Bertz CT molecular complexity index is 188. The van der Waals surface area contributed by atoms with Crippen molar-refractivity contribution in [3.05, 3.63) is 0 Å². The van der Waals surface area contributed by atoms with Gasteiger partial charge in [0.2, 0.25) is 0 Å². The minimum absolute atomic E-state index is 0.176. The lowest BCUT2D eigenvalue weighted by molar-refractivity contribution is 0.197. The summed E-state index contributed by atoms with van der Waals surface area (Å²) in [4.78, 5) is 0. The first-order valence-electron chi connectivity index (χ1n) is 5.62. The van der Waals surface area contributed by atoms with Crippen LogP contribution in [-0.2, 0) is 13.6 Å². The van der Waals surface area contributed by atoms with Crippen molar-refractivity contribution in [3.8, 4) is 0 Å². The Balaban J connectivity index is 3.15. The molecule has 1 atom stereocenters. The zero-order valence-electron chi connectivity index (χ0n) is 9.71. The highest BCUT2D eigenvalue weighted by Crippen LogP contribution is 2.48. The zero-order valence-corrected chi connectivity index (χ0v) is 10.6. The molecule has 0 fully saturated rings. The van der Waals surface area contributed by atoms with Gasteiger partial charge in [-0.3, -0.25) is 9.05 Å². The van der Waals surface area contributed by atoms with Crippen LogP contribution < -0.4 is 0 Å². The van der Waals surface area contributed by atoms with Crippen molar-refractivity contribution in [3.63, 3.8) is 0 Å². The Morgan fingerprint density at radius 1 is 1.07 bits per heavy atom. The van der Waals surface area contributed by atoms with Gasteiger partial charge in [0.25, 0.3) is 0 Å². The highest BCUT2D eigenvalue weighted by atomic mass is 31.2. The molecule has 0 spiro atoms. The number of hydrogen-bond acceptors (Lipinski definition) is 3. The Labute approximate surface area is 92.0 Å². The monoisotopic (exact) mass is 240 g/mol. The van der Waals surface area contributed by atoms with Gasteiger partial charge in [-0.15, -0.1) is 4.20 Å². The van der Waals surface area contributed by atoms with Crippen LogP contribution in [0, 0.1) is 0 Å². The fourth-order valence-corrected chi connectivity index (χ4v) is 1.74. The molecule has 0 aromatic heterocycles. The van der Waals surface area contributed by atoms with Crippen molar-refractivity contribution in [2.45, 2.75) is 51.9 Å². The molecule has 92 valence electrons. The molecular weight excluding hydrogens is 218 g/mol. The van der Waals surface area contributed by atoms with Gasteiger partial charge in [0.15, 0.2) is 0 Å². The standard InChI is InChI=1S/C10H22FO3P/c1-3-4-5-6-7-8-9-10-14-15(11,12)13-2/h3-10H2,1-2H3. The molecule has 0 aromatic carbocycles. The summed E-state index contributed by atoms with van der Waals surface area (Å²) in [6.45, 7) is 2.35. The fraction of sp³-hybridized carbons (Fsp3) is 1.00. The summed E-state index contributed by atoms with van der Waals surface area (Å²) in [5, 5.41) is 0. The fourth-order valence-electron chi connectivity index (χ4n) is 1.29. The van der Waals surface area contributed by atoms with Gasteiger partial charge in [-0.05, 0) is 6.42 Å². The van der Waals surface area contributed by atoms with Crippen LogP contribution in [-0.4, -0.2) is 13.7 Å². The molecule has 0 rings (SSSR count). The van der Waals surface area contributed by atoms with E-state index >= 15 is 0 Å². The van der Waals surface area contributed by atoms with Crippen molar-refractivity contribution >= 4 is 7.91 Å². The highest BCUT2D eigenvalue weighted by Gasteiger charge is 2.20. The van der Waals surface area contributed by atoms with Gasteiger partial charge in [0.05, 0.1) is 6.61 Å². The van der Waals surface area contributed by atoms with Crippen LogP contribution in [0.25, 0.3) is 0 Å². The van der Waals surface area contributed by atoms with E-state index in [1.165, 1.54) is 25.7 Å². The third-order valence-electron chi connectivity index (χ3n) is 2.21. The molecule has 0 aliphatic rings. The summed E-state index contributed by atoms with van der Waals surface area (Å²) in [7, 11) is -3.19. The molecule has 0 saturated heterocycles. The Kier molecular flexibility index (Phi) is 9.37. The molecule has 0 aliphatic heterocycles. The minimum atomic E-state index is -4.24. The van der Waals surface area contributed by atoms with Gasteiger partial charge in [0, 0.05) is 7.11 Å². The molecule has 1 unspecified atom stereocenters. The van der Waals surface area contributed by atoms with Crippen LogP contribution in [0.2, 0.25) is 0 Å². The predicted molar refractivity (Wildman–Crippen MR) is 59.7 cm³/mol. The topological polar surface area (TPSA) is 35.5 Å². The molecule has 3 nitrogen and oxygen atoms in total. The maximum Gasteiger partial charge on any atom is 0.512 e. The van der Waals surface area contributed by atoms with Crippen molar-refractivity contribution in [1.29, 1.82) is 0 Å². The lowest BCUT2D eigenvalue weighted by Crippen LogP contribution is -1.92. The molecule has 0 N–H and O–H groups in total. The minimum Gasteiger partial charge on any atom is -0.287 e. The van der Waals surface area contributed by atoms with E-state index in [0.717, 1.165) is 26.4 Å². The van der Waals surface area contributed by atoms with Crippen LogP contribution in [0.4, 0.5) is 4.20 Å². The molecule has 0 heterocycles. The average Bonchev–Trinajstić information content (AvgIpc) is 2.22. The quantitative estimate of drug-likeness (QED) is 0.417. The molecule has 0 amide bonds. The highest BCUT2D eigenvalue weighted by molar-refractivity contribution is 7.48. The van der Waals surface area contributed by atoms with E-state index in [1.807, 2.05) is 0 Å². The first kappa shape index (κ1) is 15.1. The molecule has 0 bridgehead atoms. The summed E-state index contributed by atoms with van der Waals surface area (Å²) in [6.07, 6.45) is 7.86. The van der Waals surface area contributed by atoms with Gasteiger partial charge >= 0.3 is 7.91 Å². The second kappa shape index (κ2) is 9.32. The lowest BCUT2D eigenvalue weighted by Gasteiger charge is -2.06. The van der Waals surface area contributed by atoms with Gasteiger partial charge in [-0.1, -0.05) is 45.4 Å². The Hall–Kier alpha value is 0.0800. The summed E-state index contributed by atoms with van der Waals surface area (Å²) < 4.78 is 31.8. The molecular formula is C10H22FO3P. The van der Waals surface area contributed by atoms with E-state index in [4.69, 9.17) is 0 Å². The van der Waals surface area contributed by atoms with Crippen LogP contribution in [0.3, 0.4) is 0 Å². The molecule has 15 heavy (non-hydrogen) atoms. The van der Waals surface area contributed by atoms with E-state index in [0.29, 0.717) is 0 Å². The van der Waals surface area contributed by atoms with E-state index in [2.05, 4.69) is 16.0 Å². The Morgan fingerprint density at radius 3 is 2.13 bits per heavy atom. The maximum absolute atomic E-state index is 12.6.